The average Bonchev–Trinajstić information content (AvgIpc) is 3.17. The highest BCUT2D eigenvalue weighted by Crippen LogP contribution is 2.46. The molecule has 2 aliphatic rings. The zero-order chi connectivity index (χ0) is 18.1. The molecule has 136 valence electrons. The van der Waals surface area contributed by atoms with Crippen LogP contribution in [-0.2, 0) is 12.8 Å². The third-order valence-electron chi connectivity index (χ3n) is 4.73. The minimum absolute atomic E-state index is 0.226. The van der Waals surface area contributed by atoms with Gasteiger partial charge >= 0.3 is 0 Å². The Morgan fingerprint density at radius 3 is 2.46 bits per heavy atom. The van der Waals surface area contributed by atoms with Crippen LogP contribution in [0.15, 0.2) is 29.3 Å². The first-order valence-electron chi connectivity index (χ1n) is 8.49. The maximum atomic E-state index is 5.71. The van der Waals surface area contributed by atoms with Gasteiger partial charge in [0.1, 0.15) is 0 Å². The van der Waals surface area contributed by atoms with Crippen molar-refractivity contribution in [3.8, 4) is 28.7 Å². The van der Waals surface area contributed by atoms with E-state index in [9.17, 15) is 0 Å². The van der Waals surface area contributed by atoms with Crippen molar-refractivity contribution in [3.63, 3.8) is 0 Å². The molecule has 0 aliphatic carbocycles. The molecule has 2 heterocycles. The number of nitrogens with zero attached hydrogens (tertiary/aromatic N) is 1. The van der Waals surface area contributed by atoms with E-state index >= 15 is 0 Å². The van der Waals surface area contributed by atoms with Crippen molar-refractivity contribution < 1.29 is 23.7 Å². The van der Waals surface area contributed by atoms with Gasteiger partial charge in [-0.05, 0) is 30.2 Å². The molecule has 0 atom stereocenters. The summed E-state index contributed by atoms with van der Waals surface area (Å²) in [6.45, 7) is 0.960. The summed E-state index contributed by atoms with van der Waals surface area (Å²) in [4.78, 5) is 4.76. The molecule has 0 spiro atoms. The first-order valence-corrected chi connectivity index (χ1v) is 8.49. The van der Waals surface area contributed by atoms with E-state index in [4.69, 9.17) is 28.7 Å². The zero-order valence-electron chi connectivity index (χ0n) is 15.1. The Morgan fingerprint density at radius 1 is 0.923 bits per heavy atom. The number of aliphatic imine (C=N–C) groups is 1. The molecule has 0 fully saturated rings. The van der Waals surface area contributed by atoms with Gasteiger partial charge in [-0.1, -0.05) is 6.07 Å². The molecule has 0 bridgehead atoms. The van der Waals surface area contributed by atoms with Crippen LogP contribution in [0.3, 0.4) is 0 Å². The van der Waals surface area contributed by atoms with Crippen LogP contribution >= 0.6 is 0 Å². The highest BCUT2D eigenvalue weighted by atomic mass is 16.7. The smallest absolute Gasteiger partial charge is 0.231 e. The Morgan fingerprint density at radius 2 is 1.69 bits per heavy atom. The van der Waals surface area contributed by atoms with Crippen molar-refractivity contribution in [2.75, 3.05) is 34.7 Å². The molecule has 0 radical (unpaired) electrons. The fraction of sp³-hybridized carbons (Fsp3) is 0.350. The molecular formula is C20H21NO5. The second-order valence-corrected chi connectivity index (χ2v) is 6.11. The molecule has 26 heavy (non-hydrogen) atoms. The van der Waals surface area contributed by atoms with Crippen molar-refractivity contribution in [1.82, 2.24) is 0 Å². The predicted octanol–water partition coefficient (Wildman–Crippen LogP) is 3.03. The van der Waals surface area contributed by atoms with Crippen LogP contribution in [-0.4, -0.2) is 40.4 Å². The molecule has 6 nitrogen and oxygen atoms in total. The molecule has 0 saturated heterocycles. The number of hydrogen-bond acceptors (Lipinski definition) is 6. The van der Waals surface area contributed by atoms with Gasteiger partial charge in [0.05, 0.1) is 21.3 Å². The quantitative estimate of drug-likeness (QED) is 0.825. The van der Waals surface area contributed by atoms with Gasteiger partial charge in [-0.2, -0.15) is 0 Å². The van der Waals surface area contributed by atoms with Gasteiger partial charge in [-0.25, -0.2) is 0 Å². The largest absolute Gasteiger partial charge is 0.493 e. The Bertz CT molecular complexity index is 875. The molecule has 2 aliphatic heterocycles. The second kappa shape index (κ2) is 6.78. The van der Waals surface area contributed by atoms with Crippen molar-refractivity contribution in [2.45, 2.75) is 12.8 Å². The van der Waals surface area contributed by atoms with Gasteiger partial charge in [0, 0.05) is 29.8 Å². The molecule has 0 N–H and O–H groups in total. The van der Waals surface area contributed by atoms with Gasteiger partial charge in [0.2, 0.25) is 12.5 Å². The molecule has 0 saturated carbocycles. The van der Waals surface area contributed by atoms with Crippen LogP contribution in [0.2, 0.25) is 0 Å². The number of methoxy groups -OCH3 is 3. The zero-order valence-corrected chi connectivity index (χ0v) is 15.1. The van der Waals surface area contributed by atoms with E-state index in [1.165, 1.54) is 0 Å². The lowest BCUT2D eigenvalue weighted by Crippen LogP contribution is -2.16. The molecule has 6 heteroatoms. The van der Waals surface area contributed by atoms with E-state index in [0.717, 1.165) is 41.1 Å². The van der Waals surface area contributed by atoms with Crippen LogP contribution in [0.5, 0.6) is 28.7 Å². The summed E-state index contributed by atoms with van der Waals surface area (Å²) in [5.41, 5.74) is 4.32. The highest BCUT2D eigenvalue weighted by Gasteiger charge is 2.29. The molecule has 4 rings (SSSR count). The van der Waals surface area contributed by atoms with Crippen molar-refractivity contribution in [2.24, 2.45) is 4.99 Å². The van der Waals surface area contributed by atoms with E-state index in [0.29, 0.717) is 29.4 Å². The second-order valence-electron chi connectivity index (χ2n) is 6.11. The van der Waals surface area contributed by atoms with Crippen molar-refractivity contribution >= 4 is 5.71 Å². The lowest BCUT2D eigenvalue weighted by Gasteiger charge is -2.20. The van der Waals surface area contributed by atoms with E-state index in [-0.39, 0.29) is 6.79 Å². The first kappa shape index (κ1) is 16.6. The van der Waals surface area contributed by atoms with Gasteiger partial charge in [0.15, 0.2) is 23.0 Å². The first-order chi connectivity index (χ1) is 12.7. The van der Waals surface area contributed by atoms with Crippen LogP contribution in [0.4, 0.5) is 0 Å². The van der Waals surface area contributed by atoms with Crippen LogP contribution in [0, 0.1) is 0 Å². The predicted molar refractivity (Wildman–Crippen MR) is 97.5 cm³/mol. The fourth-order valence-electron chi connectivity index (χ4n) is 3.47. The topological polar surface area (TPSA) is 58.5 Å². The van der Waals surface area contributed by atoms with Crippen LogP contribution in [0.25, 0.3) is 0 Å². The van der Waals surface area contributed by atoms with Gasteiger partial charge < -0.3 is 23.7 Å². The van der Waals surface area contributed by atoms with Crippen molar-refractivity contribution in [1.29, 1.82) is 0 Å². The Labute approximate surface area is 152 Å². The number of fused-ring (bicyclic) bond motifs is 3. The SMILES string of the molecule is COc1ccc(CC2=NCCc3c2cc(OC)c2c3OCO2)cc1OC. The summed E-state index contributed by atoms with van der Waals surface area (Å²) in [6.07, 6.45) is 1.52. The number of ether oxygens (including phenoxy) is 5. The summed E-state index contributed by atoms with van der Waals surface area (Å²) < 4.78 is 27.5. The minimum atomic E-state index is 0.226. The molecule has 2 aromatic carbocycles. The summed E-state index contributed by atoms with van der Waals surface area (Å²) >= 11 is 0. The van der Waals surface area contributed by atoms with Crippen LogP contribution < -0.4 is 23.7 Å². The number of benzene rings is 2. The third-order valence-corrected chi connectivity index (χ3v) is 4.73. The highest BCUT2D eigenvalue weighted by molar-refractivity contribution is 6.05. The van der Waals surface area contributed by atoms with E-state index in [1.807, 2.05) is 24.3 Å². The summed E-state index contributed by atoms with van der Waals surface area (Å²) in [7, 11) is 4.91. The standard InChI is InChI=1S/C20H21NO5/c1-22-16-5-4-12(9-17(16)23-2)8-15-14-10-18(24-3)20-19(25-11-26-20)13(14)6-7-21-15/h4-5,9-10H,6-8,11H2,1-3H3. The van der Waals surface area contributed by atoms with E-state index in [1.54, 1.807) is 21.3 Å². The molecule has 0 aromatic heterocycles. The molecular weight excluding hydrogens is 334 g/mol. The molecule has 2 aromatic rings. The Hall–Kier alpha value is -2.89. The monoisotopic (exact) mass is 355 g/mol. The van der Waals surface area contributed by atoms with E-state index in [2.05, 4.69) is 0 Å². The van der Waals surface area contributed by atoms with E-state index < -0.39 is 0 Å². The lowest BCUT2D eigenvalue weighted by molar-refractivity contribution is 0.170. The lowest BCUT2D eigenvalue weighted by atomic mass is 9.92. The van der Waals surface area contributed by atoms with Crippen molar-refractivity contribution in [3.05, 3.63) is 41.0 Å². The Kier molecular flexibility index (Phi) is 4.32. The maximum Gasteiger partial charge on any atom is 0.231 e. The van der Waals surface area contributed by atoms with Gasteiger partial charge in [-0.3, -0.25) is 4.99 Å². The molecule has 0 amide bonds. The van der Waals surface area contributed by atoms with Gasteiger partial charge in [-0.15, -0.1) is 0 Å². The fourth-order valence-corrected chi connectivity index (χ4v) is 3.47. The number of hydrogen-bond donors (Lipinski definition) is 0. The maximum absolute atomic E-state index is 5.71. The van der Waals surface area contributed by atoms with Crippen LogP contribution in [0.1, 0.15) is 16.7 Å². The minimum Gasteiger partial charge on any atom is -0.493 e. The Balaban J connectivity index is 1.71. The third kappa shape index (κ3) is 2.71. The number of rotatable bonds is 5. The summed E-state index contributed by atoms with van der Waals surface area (Å²) in [6, 6.07) is 7.93. The summed E-state index contributed by atoms with van der Waals surface area (Å²) in [5, 5.41) is 0. The molecule has 0 unspecified atom stereocenters. The average molecular weight is 355 g/mol. The summed E-state index contributed by atoms with van der Waals surface area (Å²) in [5.74, 6) is 3.59. The normalized spacial score (nSPS) is 14.5. The van der Waals surface area contributed by atoms with Gasteiger partial charge in [0.25, 0.3) is 0 Å².